The molecule has 1 amide bonds. The Balaban J connectivity index is 1.64. The summed E-state index contributed by atoms with van der Waals surface area (Å²) >= 11 is 0. The molecule has 0 fully saturated rings. The minimum absolute atomic E-state index is 0.0159. The fourth-order valence-electron chi connectivity index (χ4n) is 4.60. The molecule has 7 nitrogen and oxygen atoms in total. The molecule has 9 heteroatoms. The predicted molar refractivity (Wildman–Crippen MR) is 140 cm³/mol. The van der Waals surface area contributed by atoms with Gasteiger partial charge in [-0.05, 0) is 67.4 Å². The highest BCUT2D eigenvalue weighted by molar-refractivity contribution is 7.92. The number of rotatable bonds is 9. The molecule has 196 valence electrons. The molecule has 0 spiro atoms. The van der Waals surface area contributed by atoms with E-state index < -0.39 is 33.9 Å². The molecule has 1 aliphatic heterocycles. The van der Waals surface area contributed by atoms with E-state index in [1.807, 2.05) is 38.1 Å². The molecule has 0 aliphatic carbocycles. The van der Waals surface area contributed by atoms with Crippen molar-refractivity contribution in [3.63, 3.8) is 0 Å². The Morgan fingerprint density at radius 3 is 2.32 bits per heavy atom. The SMILES string of the molecule is CCC1(CC)CC(NC(=O)CN(c2ccc(F)cc2)S(=O)(=O)c2ccc(OC)cc2)c2ccccc2O1. The van der Waals surface area contributed by atoms with E-state index >= 15 is 0 Å². The summed E-state index contributed by atoms with van der Waals surface area (Å²) in [6.45, 7) is 3.62. The van der Waals surface area contributed by atoms with Crippen LogP contribution in [0.4, 0.5) is 10.1 Å². The maximum Gasteiger partial charge on any atom is 0.264 e. The van der Waals surface area contributed by atoms with Crippen LogP contribution in [0.5, 0.6) is 11.5 Å². The number of carbonyl (C=O) groups excluding carboxylic acids is 1. The van der Waals surface area contributed by atoms with Crippen LogP contribution in [0.25, 0.3) is 0 Å². The Morgan fingerprint density at radius 2 is 1.70 bits per heavy atom. The second-order valence-corrected chi connectivity index (χ2v) is 10.9. The third-order valence-electron chi connectivity index (χ3n) is 6.87. The fourth-order valence-corrected chi connectivity index (χ4v) is 6.02. The Morgan fingerprint density at radius 1 is 1.05 bits per heavy atom. The number of benzene rings is 3. The zero-order chi connectivity index (χ0) is 26.6. The van der Waals surface area contributed by atoms with Gasteiger partial charge in [-0.3, -0.25) is 9.10 Å². The number of hydrogen-bond acceptors (Lipinski definition) is 5. The molecule has 1 N–H and O–H groups in total. The van der Waals surface area contributed by atoms with Crippen LogP contribution in [-0.2, 0) is 14.8 Å². The number of fused-ring (bicyclic) bond motifs is 1. The summed E-state index contributed by atoms with van der Waals surface area (Å²) in [5.74, 6) is 0.219. The number of amides is 1. The lowest BCUT2D eigenvalue weighted by Crippen LogP contribution is -2.47. The summed E-state index contributed by atoms with van der Waals surface area (Å²) in [5.41, 5.74) is 0.592. The van der Waals surface area contributed by atoms with Crippen molar-refractivity contribution in [2.75, 3.05) is 18.0 Å². The van der Waals surface area contributed by atoms with Gasteiger partial charge in [0.25, 0.3) is 10.0 Å². The number of ether oxygens (including phenoxy) is 2. The first-order valence-electron chi connectivity index (χ1n) is 12.2. The second kappa shape index (κ2) is 10.8. The summed E-state index contributed by atoms with van der Waals surface area (Å²) < 4.78 is 53.3. The van der Waals surface area contributed by atoms with Gasteiger partial charge in [0.1, 0.15) is 29.5 Å². The minimum Gasteiger partial charge on any atom is -0.497 e. The lowest BCUT2D eigenvalue weighted by atomic mass is 9.83. The van der Waals surface area contributed by atoms with Crippen molar-refractivity contribution < 1.29 is 27.1 Å². The van der Waals surface area contributed by atoms with E-state index in [1.54, 1.807) is 0 Å². The normalized spacial score (nSPS) is 16.3. The first-order chi connectivity index (χ1) is 17.7. The highest BCUT2D eigenvalue weighted by Gasteiger charge is 2.39. The van der Waals surface area contributed by atoms with Crippen LogP contribution in [0.15, 0.2) is 77.7 Å². The summed E-state index contributed by atoms with van der Waals surface area (Å²) in [4.78, 5) is 13.4. The molecule has 0 radical (unpaired) electrons. The van der Waals surface area contributed by atoms with Gasteiger partial charge in [-0.25, -0.2) is 12.8 Å². The molecule has 0 saturated carbocycles. The second-order valence-electron chi connectivity index (χ2n) is 9.02. The van der Waals surface area contributed by atoms with Gasteiger partial charge in [0.05, 0.1) is 23.7 Å². The Hall–Kier alpha value is -3.59. The van der Waals surface area contributed by atoms with Crippen molar-refractivity contribution in [2.24, 2.45) is 0 Å². The highest BCUT2D eigenvalue weighted by Crippen LogP contribution is 2.42. The number of nitrogens with one attached hydrogen (secondary N) is 1. The number of carbonyl (C=O) groups is 1. The third kappa shape index (κ3) is 5.56. The maximum absolute atomic E-state index is 13.6. The van der Waals surface area contributed by atoms with Crippen molar-refractivity contribution >= 4 is 21.6 Å². The average Bonchev–Trinajstić information content (AvgIpc) is 2.92. The van der Waals surface area contributed by atoms with Crippen LogP contribution in [0, 0.1) is 5.82 Å². The van der Waals surface area contributed by atoms with Gasteiger partial charge < -0.3 is 14.8 Å². The molecule has 37 heavy (non-hydrogen) atoms. The number of para-hydroxylation sites is 1. The molecular weight excluding hydrogens is 495 g/mol. The number of halogens is 1. The first kappa shape index (κ1) is 26.5. The zero-order valence-electron chi connectivity index (χ0n) is 21.1. The van der Waals surface area contributed by atoms with Crippen molar-refractivity contribution in [1.29, 1.82) is 0 Å². The smallest absolute Gasteiger partial charge is 0.264 e. The predicted octanol–water partition coefficient (Wildman–Crippen LogP) is 5.23. The van der Waals surface area contributed by atoms with Gasteiger partial charge in [0, 0.05) is 12.0 Å². The lowest BCUT2D eigenvalue weighted by molar-refractivity contribution is -0.121. The molecule has 0 aromatic heterocycles. The van der Waals surface area contributed by atoms with Gasteiger partial charge in [-0.15, -0.1) is 0 Å². The Bertz CT molecular complexity index is 1340. The van der Waals surface area contributed by atoms with Crippen molar-refractivity contribution in [3.8, 4) is 11.5 Å². The fraction of sp³-hybridized carbons (Fsp3) is 0.321. The van der Waals surface area contributed by atoms with E-state index in [1.165, 1.54) is 43.5 Å². The molecule has 0 bridgehead atoms. The molecule has 3 aromatic rings. The van der Waals surface area contributed by atoms with Gasteiger partial charge in [-0.1, -0.05) is 32.0 Å². The van der Waals surface area contributed by atoms with Crippen LogP contribution in [-0.4, -0.2) is 33.6 Å². The van der Waals surface area contributed by atoms with Crippen molar-refractivity contribution in [1.82, 2.24) is 5.32 Å². The minimum atomic E-state index is -4.15. The number of anilines is 1. The largest absolute Gasteiger partial charge is 0.497 e. The molecular formula is C28H31FN2O5S. The maximum atomic E-state index is 13.6. The summed E-state index contributed by atoms with van der Waals surface area (Å²) in [6, 6.07) is 18.1. The van der Waals surface area contributed by atoms with E-state index in [0.717, 1.165) is 34.8 Å². The Labute approximate surface area is 217 Å². The van der Waals surface area contributed by atoms with E-state index in [-0.39, 0.29) is 16.6 Å². The number of nitrogens with zero attached hydrogens (tertiary/aromatic N) is 1. The van der Waals surface area contributed by atoms with Crippen LogP contribution < -0.4 is 19.1 Å². The average molecular weight is 527 g/mol. The molecule has 4 rings (SSSR count). The number of methoxy groups -OCH3 is 1. The number of hydrogen-bond donors (Lipinski definition) is 1. The van der Waals surface area contributed by atoms with Gasteiger partial charge in [-0.2, -0.15) is 0 Å². The molecule has 0 saturated heterocycles. The monoisotopic (exact) mass is 526 g/mol. The third-order valence-corrected chi connectivity index (χ3v) is 8.66. The van der Waals surface area contributed by atoms with Gasteiger partial charge >= 0.3 is 0 Å². The van der Waals surface area contributed by atoms with E-state index in [9.17, 15) is 17.6 Å². The quantitative estimate of drug-likeness (QED) is 0.413. The molecule has 3 aromatic carbocycles. The van der Waals surface area contributed by atoms with Crippen LogP contribution in [0.2, 0.25) is 0 Å². The van der Waals surface area contributed by atoms with Crippen molar-refractivity contribution in [3.05, 3.63) is 84.2 Å². The molecule has 1 aliphatic rings. The van der Waals surface area contributed by atoms with Gasteiger partial charge in [0.15, 0.2) is 0 Å². The highest BCUT2D eigenvalue weighted by atomic mass is 32.2. The summed E-state index contributed by atoms with van der Waals surface area (Å²) in [7, 11) is -2.67. The zero-order valence-corrected chi connectivity index (χ0v) is 21.9. The lowest BCUT2D eigenvalue weighted by Gasteiger charge is -2.41. The number of sulfonamides is 1. The van der Waals surface area contributed by atoms with Gasteiger partial charge in [0.2, 0.25) is 5.91 Å². The van der Waals surface area contributed by atoms with Crippen LogP contribution >= 0.6 is 0 Å². The first-order valence-corrected chi connectivity index (χ1v) is 13.6. The Kier molecular flexibility index (Phi) is 7.73. The van der Waals surface area contributed by atoms with E-state index in [4.69, 9.17) is 9.47 Å². The van der Waals surface area contributed by atoms with Crippen molar-refractivity contribution in [2.45, 2.75) is 49.6 Å². The molecule has 1 unspecified atom stereocenters. The van der Waals surface area contributed by atoms with Crippen LogP contribution in [0.1, 0.15) is 44.7 Å². The molecule has 1 atom stereocenters. The summed E-state index contributed by atoms with van der Waals surface area (Å²) in [6.07, 6.45) is 2.08. The summed E-state index contributed by atoms with van der Waals surface area (Å²) in [5, 5.41) is 3.03. The standard InChI is InChI=1S/C28H31FN2O5S/c1-4-28(5-2)18-25(24-8-6-7-9-26(24)36-28)30-27(32)19-31(21-12-10-20(29)11-13-21)37(33,34)23-16-14-22(35-3)15-17-23/h6-17,25H,4-5,18-19H2,1-3H3,(H,30,32). The van der Waals surface area contributed by atoms with E-state index in [0.29, 0.717) is 17.9 Å². The van der Waals surface area contributed by atoms with Crippen LogP contribution in [0.3, 0.4) is 0 Å². The molecule has 1 heterocycles. The topological polar surface area (TPSA) is 84.9 Å². The van der Waals surface area contributed by atoms with E-state index in [2.05, 4.69) is 5.32 Å².